The molecule has 0 aromatic heterocycles. The van der Waals surface area contributed by atoms with E-state index in [-0.39, 0.29) is 5.82 Å². The standard InChI is InChI=1S/C14H20FNO2/c1-4-14(3,13(17)18)10-16(5-2)12-9-7-6-8-11(12)15/h6-9H,4-5,10H2,1-3H3,(H,17,18). The second kappa shape index (κ2) is 5.85. The molecule has 0 saturated carbocycles. The largest absolute Gasteiger partial charge is 0.481 e. The summed E-state index contributed by atoms with van der Waals surface area (Å²) in [4.78, 5) is 13.1. The predicted octanol–water partition coefficient (Wildman–Crippen LogP) is 3.15. The fourth-order valence-electron chi connectivity index (χ4n) is 1.83. The zero-order valence-electron chi connectivity index (χ0n) is 11.1. The Morgan fingerprint density at radius 1 is 1.39 bits per heavy atom. The molecule has 3 nitrogen and oxygen atoms in total. The molecule has 1 unspecified atom stereocenters. The van der Waals surface area contributed by atoms with Gasteiger partial charge in [-0.15, -0.1) is 0 Å². The third-order valence-corrected chi connectivity index (χ3v) is 3.41. The van der Waals surface area contributed by atoms with Gasteiger partial charge in [0.2, 0.25) is 0 Å². The number of hydrogen-bond acceptors (Lipinski definition) is 2. The Morgan fingerprint density at radius 2 is 2.00 bits per heavy atom. The summed E-state index contributed by atoms with van der Waals surface area (Å²) in [5.74, 6) is -1.16. The summed E-state index contributed by atoms with van der Waals surface area (Å²) in [7, 11) is 0. The van der Waals surface area contributed by atoms with E-state index < -0.39 is 11.4 Å². The van der Waals surface area contributed by atoms with E-state index in [1.54, 1.807) is 30.0 Å². The maximum atomic E-state index is 13.7. The highest BCUT2D eigenvalue weighted by molar-refractivity contribution is 5.75. The summed E-state index contributed by atoms with van der Waals surface area (Å²) >= 11 is 0. The van der Waals surface area contributed by atoms with E-state index in [0.717, 1.165) is 0 Å². The van der Waals surface area contributed by atoms with Gasteiger partial charge in [-0.3, -0.25) is 4.79 Å². The molecule has 1 aromatic carbocycles. The van der Waals surface area contributed by atoms with Crippen LogP contribution in [0.1, 0.15) is 27.2 Å². The molecule has 1 atom stereocenters. The third kappa shape index (κ3) is 3.00. The smallest absolute Gasteiger partial charge is 0.311 e. The number of carboxylic acids is 1. The molecule has 0 aliphatic heterocycles. The maximum absolute atomic E-state index is 13.7. The van der Waals surface area contributed by atoms with Crippen LogP contribution in [0.25, 0.3) is 0 Å². The van der Waals surface area contributed by atoms with Crippen molar-refractivity contribution >= 4 is 11.7 Å². The monoisotopic (exact) mass is 253 g/mol. The van der Waals surface area contributed by atoms with Crippen LogP contribution in [0.3, 0.4) is 0 Å². The average Bonchev–Trinajstić information content (AvgIpc) is 2.36. The van der Waals surface area contributed by atoms with Gasteiger partial charge in [-0.05, 0) is 32.4 Å². The van der Waals surface area contributed by atoms with E-state index in [1.807, 2.05) is 13.8 Å². The minimum atomic E-state index is -0.863. The van der Waals surface area contributed by atoms with Crippen LogP contribution in [0.15, 0.2) is 24.3 Å². The van der Waals surface area contributed by atoms with Crippen LogP contribution in [0.2, 0.25) is 0 Å². The summed E-state index contributed by atoms with van der Waals surface area (Å²) in [6.07, 6.45) is 0.507. The van der Waals surface area contributed by atoms with Crippen LogP contribution >= 0.6 is 0 Å². The lowest BCUT2D eigenvalue weighted by Crippen LogP contribution is -2.41. The van der Waals surface area contributed by atoms with Crippen LogP contribution in [0, 0.1) is 11.2 Å². The highest BCUT2D eigenvalue weighted by Crippen LogP contribution is 2.27. The van der Waals surface area contributed by atoms with E-state index in [4.69, 9.17) is 0 Å². The second-order valence-electron chi connectivity index (χ2n) is 4.68. The Morgan fingerprint density at radius 3 is 2.44 bits per heavy atom. The first-order valence-corrected chi connectivity index (χ1v) is 6.17. The molecule has 18 heavy (non-hydrogen) atoms. The minimum absolute atomic E-state index is 0.302. The first kappa shape index (κ1) is 14.5. The Kier molecular flexibility index (Phi) is 4.70. The molecule has 0 amide bonds. The summed E-state index contributed by atoms with van der Waals surface area (Å²) in [5, 5.41) is 9.27. The normalized spacial score (nSPS) is 14.0. The van der Waals surface area contributed by atoms with Crippen LogP contribution < -0.4 is 4.90 Å². The van der Waals surface area contributed by atoms with Gasteiger partial charge in [0.25, 0.3) is 0 Å². The quantitative estimate of drug-likeness (QED) is 0.846. The lowest BCUT2D eigenvalue weighted by Gasteiger charge is -2.32. The third-order valence-electron chi connectivity index (χ3n) is 3.41. The summed E-state index contributed by atoms with van der Waals surface area (Å²) < 4.78 is 13.7. The number of halogens is 1. The predicted molar refractivity (Wildman–Crippen MR) is 70.3 cm³/mol. The van der Waals surface area contributed by atoms with Gasteiger partial charge in [-0.2, -0.15) is 0 Å². The van der Waals surface area contributed by atoms with Crippen molar-refractivity contribution in [1.29, 1.82) is 0 Å². The molecule has 0 spiro atoms. The first-order valence-electron chi connectivity index (χ1n) is 6.17. The maximum Gasteiger partial charge on any atom is 0.311 e. The van der Waals surface area contributed by atoms with Gasteiger partial charge in [-0.1, -0.05) is 19.1 Å². The molecule has 0 bridgehead atoms. The number of aliphatic carboxylic acids is 1. The van der Waals surface area contributed by atoms with Gasteiger partial charge in [0.15, 0.2) is 0 Å². The van der Waals surface area contributed by atoms with Crippen LogP contribution in [0.5, 0.6) is 0 Å². The number of rotatable bonds is 6. The first-order chi connectivity index (χ1) is 8.44. The molecule has 0 radical (unpaired) electrons. The Balaban J connectivity index is 2.99. The number of benzene rings is 1. The summed E-state index contributed by atoms with van der Waals surface area (Å²) in [5.41, 5.74) is -0.404. The van der Waals surface area contributed by atoms with Crippen molar-refractivity contribution in [3.63, 3.8) is 0 Å². The van der Waals surface area contributed by atoms with Crippen molar-refractivity contribution in [2.75, 3.05) is 18.0 Å². The van der Waals surface area contributed by atoms with Gasteiger partial charge < -0.3 is 10.0 Å². The van der Waals surface area contributed by atoms with Crippen molar-refractivity contribution < 1.29 is 14.3 Å². The molecular formula is C14H20FNO2. The fourth-order valence-corrected chi connectivity index (χ4v) is 1.83. The summed E-state index contributed by atoms with van der Waals surface area (Å²) in [6, 6.07) is 6.45. The average molecular weight is 253 g/mol. The van der Waals surface area contributed by atoms with Crippen LogP contribution in [-0.2, 0) is 4.79 Å². The number of nitrogens with zero attached hydrogens (tertiary/aromatic N) is 1. The van der Waals surface area contributed by atoms with Crippen LogP contribution in [0.4, 0.5) is 10.1 Å². The molecular weight excluding hydrogens is 233 g/mol. The van der Waals surface area contributed by atoms with Crippen molar-refractivity contribution in [1.82, 2.24) is 0 Å². The topological polar surface area (TPSA) is 40.5 Å². The fraction of sp³-hybridized carbons (Fsp3) is 0.500. The molecule has 100 valence electrons. The molecule has 0 aliphatic carbocycles. The second-order valence-corrected chi connectivity index (χ2v) is 4.68. The van der Waals surface area contributed by atoms with Crippen molar-refractivity contribution in [2.45, 2.75) is 27.2 Å². The van der Waals surface area contributed by atoms with Gasteiger partial charge in [-0.25, -0.2) is 4.39 Å². The number of carbonyl (C=O) groups is 1. The molecule has 0 fully saturated rings. The highest BCUT2D eigenvalue weighted by atomic mass is 19.1. The molecule has 1 N–H and O–H groups in total. The van der Waals surface area contributed by atoms with Crippen molar-refractivity contribution in [3.05, 3.63) is 30.1 Å². The van der Waals surface area contributed by atoms with Crippen molar-refractivity contribution in [2.24, 2.45) is 5.41 Å². The minimum Gasteiger partial charge on any atom is -0.481 e. The van der Waals surface area contributed by atoms with Crippen molar-refractivity contribution in [3.8, 4) is 0 Å². The Hall–Kier alpha value is -1.58. The van der Waals surface area contributed by atoms with E-state index in [0.29, 0.717) is 25.2 Å². The molecule has 1 rings (SSSR count). The van der Waals surface area contributed by atoms with Gasteiger partial charge >= 0.3 is 5.97 Å². The van der Waals surface area contributed by atoms with Gasteiger partial charge in [0, 0.05) is 13.1 Å². The van der Waals surface area contributed by atoms with E-state index in [9.17, 15) is 14.3 Å². The number of anilines is 1. The number of para-hydroxylation sites is 1. The lowest BCUT2D eigenvalue weighted by atomic mass is 9.87. The Bertz CT molecular complexity index is 422. The van der Waals surface area contributed by atoms with Gasteiger partial charge in [0.1, 0.15) is 5.82 Å². The molecule has 1 aromatic rings. The Labute approximate surface area is 107 Å². The SMILES string of the molecule is CCN(CC(C)(CC)C(=O)O)c1ccccc1F. The summed E-state index contributed by atoms with van der Waals surface area (Å²) in [6.45, 7) is 6.30. The number of hydrogen-bond donors (Lipinski definition) is 1. The zero-order valence-corrected chi connectivity index (χ0v) is 11.1. The van der Waals surface area contributed by atoms with E-state index in [2.05, 4.69) is 0 Å². The van der Waals surface area contributed by atoms with E-state index >= 15 is 0 Å². The molecule has 0 saturated heterocycles. The van der Waals surface area contributed by atoms with Crippen LogP contribution in [-0.4, -0.2) is 24.2 Å². The number of carboxylic acid groups (broad SMARTS) is 1. The molecule has 4 heteroatoms. The molecule has 0 aliphatic rings. The van der Waals surface area contributed by atoms with Gasteiger partial charge in [0.05, 0.1) is 11.1 Å². The zero-order chi connectivity index (χ0) is 13.8. The highest BCUT2D eigenvalue weighted by Gasteiger charge is 2.33. The lowest BCUT2D eigenvalue weighted by molar-refractivity contribution is -0.147. The molecule has 0 heterocycles. The van der Waals surface area contributed by atoms with E-state index in [1.165, 1.54) is 6.07 Å².